The van der Waals surface area contributed by atoms with E-state index in [0.29, 0.717) is 11.3 Å². The van der Waals surface area contributed by atoms with Crippen LogP contribution in [0.15, 0.2) is 0 Å². The lowest BCUT2D eigenvalue weighted by Crippen LogP contribution is -2.44. The summed E-state index contributed by atoms with van der Waals surface area (Å²) in [6.07, 6.45) is -1.17. The van der Waals surface area contributed by atoms with Crippen molar-refractivity contribution in [1.82, 2.24) is 14.7 Å². The van der Waals surface area contributed by atoms with E-state index >= 15 is 0 Å². The van der Waals surface area contributed by atoms with Gasteiger partial charge in [0.05, 0.1) is 24.4 Å². The van der Waals surface area contributed by atoms with Crippen LogP contribution in [0.25, 0.3) is 0 Å². The highest BCUT2D eigenvalue weighted by molar-refractivity contribution is 5.94. The third-order valence-corrected chi connectivity index (χ3v) is 4.37. The molecule has 1 aliphatic rings. The van der Waals surface area contributed by atoms with Crippen LogP contribution in [0.5, 0.6) is 0 Å². The number of hydrogen-bond acceptors (Lipinski definition) is 6. The molecule has 0 spiro atoms. The largest absolute Gasteiger partial charge is 0.448 e. The van der Waals surface area contributed by atoms with Crippen molar-refractivity contribution in [2.24, 2.45) is 5.92 Å². The number of carbonyl (C=O) groups excluding carboxylic acids is 3. The molecule has 0 bridgehead atoms. The number of ether oxygens (including phenoxy) is 2. The van der Waals surface area contributed by atoms with Crippen LogP contribution in [0, 0.1) is 5.92 Å². The van der Waals surface area contributed by atoms with Gasteiger partial charge in [0.25, 0.3) is 0 Å². The zero-order valence-corrected chi connectivity index (χ0v) is 17.9. The number of carbonyl (C=O) groups is 3. The van der Waals surface area contributed by atoms with Gasteiger partial charge >= 0.3 is 12.2 Å². The highest BCUT2D eigenvalue weighted by Crippen LogP contribution is 2.42. The van der Waals surface area contributed by atoms with Crippen molar-refractivity contribution in [3.8, 4) is 0 Å². The van der Waals surface area contributed by atoms with Crippen LogP contribution in [0.1, 0.15) is 66.6 Å². The van der Waals surface area contributed by atoms with E-state index in [0.717, 1.165) is 4.68 Å². The molecule has 2 amide bonds. The van der Waals surface area contributed by atoms with Gasteiger partial charge in [-0.1, -0.05) is 13.8 Å². The summed E-state index contributed by atoms with van der Waals surface area (Å²) in [5, 5.41) is 7.14. The lowest BCUT2D eigenvalue weighted by molar-refractivity contribution is -0.118. The Kier molecular flexibility index (Phi) is 5.77. The van der Waals surface area contributed by atoms with Gasteiger partial charge in [0.15, 0.2) is 0 Å². The summed E-state index contributed by atoms with van der Waals surface area (Å²) in [7, 11) is 0. The minimum Gasteiger partial charge on any atom is -0.448 e. The summed E-state index contributed by atoms with van der Waals surface area (Å²) in [5.74, 6) is -0.328. The van der Waals surface area contributed by atoms with Gasteiger partial charge in [-0.15, -0.1) is 4.68 Å². The summed E-state index contributed by atoms with van der Waals surface area (Å²) in [6.45, 7) is 14.5. The predicted octanol–water partition coefficient (Wildman–Crippen LogP) is 3.47. The highest BCUT2D eigenvalue weighted by Gasteiger charge is 2.47. The van der Waals surface area contributed by atoms with Crippen molar-refractivity contribution >= 4 is 23.9 Å². The number of rotatable bonds is 3. The van der Waals surface area contributed by atoms with Crippen LogP contribution in [-0.2, 0) is 26.4 Å². The average Bonchev–Trinajstić information content (AvgIpc) is 3.01. The monoisotopic (exact) mass is 394 g/mol. The van der Waals surface area contributed by atoms with Crippen molar-refractivity contribution in [1.29, 1.82) is 0 Å². The van der Waals surface area contributed by atoms with Crippen LogP contribution in [0.3, 0.4) is 0 Å². The molecule has 2 heterocycles. The van der Waals surface area contributed by atoms with Crippen molar-refractivity contribution in [3.05, 3.63) is 11.3 Å². The molecule has 0 saturated heterocycles. The quantitative estimate of drug-likeness (QED) is 0.842. The maximum absolute atomic E-state index is 12.7. The molecule has 2 rings (SSSR count). The Morgan fingerprint density at radius 1 is 1.21 bits per heavy atom. The molecule has 1 aromatic rings. The zero-order valence-electron chi connectivity index (χ0n) is 17.9. The van der Waals surface area contributed by atoms with E-state index in [1.165, 1.54) is 4.90 Å². The van der Waals surface area contributed by atoms with E-state index in [4.69, 9.17) is 9.47 Å². The summed E-state index contributed by atoms with van der Waals surface area (Å²) in [4.78, 5) is 38.9. The Hall–Kier alpha value is -2.58. The average molecular weight is 394 g/mol. The highest BCUT2D eigenvalue weighted by atomic mass is 16.6. The van der Waals surface area contributed by atoms with Gasteiger partial charge in [0.1, 0.15) is 11.4 Å². The molecule has 0 radical (unpaired) electrons. The summed E-state index contributed by atoms with van der Waals surface area (Å²) in [5.41, 5.74) is -0.359. The van der Waals surface area contributed by atoms with Gasteiger partial charge in [0.2, 0.25) is 5.91 Å². The Morgan fingerprint density at radius 2 is 1.82 bits per heavy atom. The number of nitrogens with one attached hydrogen (secondary N) is 1. The number of nitrogens with zero attached hydrogens (tertiary/aromatic N) is 3. The van der Waals surface area contributed by atoms with Gasteiger partial charge in [-0.3, -0.25) is 9.69 Å². The van der Waals surface area contributed by atoms with Gasteiger partial charge < -0.3 is 14.8 Å². The molecule has 0 fully saturated rings. The summed E-state index contributed by atoms with van der Waals surface area (Å²) < 4.78 is 11.6. The second-order valence-corrected chi connectivity index (χ2v) is 8.56. The van der Waals surface area contributed by atoms with Gasteiger partial charge in [-0.05, 0) is 41.5 Å². The lowest BCUT2D eigenvalue weighted by Gasteiger charge is -2.33. The minimum atomic E-state index is -0.827. The second kappa shape index (κ2) is 7.44. The van der Waals surface area contributed by atoms with Crippen molar-refractivity contribution in [2.75, 3.05) is 11.9 Å². The van der Waals surface area contributed by atoms with Crippen molar-refractivity contribution < 1.29 is 23.9 Å². The molecule has 9 nitrogen and oxygen atoms in total. The molecule has 0 aromatic carbocycles. The molecule has 0 unspecified atom stereocenters. The van der Waals surface area contributed by atoms with Crippen molar-refractivity contribution in [3.63, 3.8) is 0 Å². The maximum atomic E-state index is 12.7. The molecule has 0 atom stereocenters. The fraction of sp³-hybridized carbons (Fsp3) is 0.684. The van der Waals surface area contributed by atoms with E-state index < -0.39 is 23.3 Å². The SMILES string of the molecule is CCOC(=O)n1nc2c(c1NC(=O)C(C)C)CN(C(=O)OC(C)(C)C)C2(C)C. The first-order chi connectivity index (χ1) is 12.8. The summed E-state index contributed by atoms with van der Waals surface area (Å²) in [6, 6.07) is 0. The van der Waals surface area contributed by atoms with Gasteiger partial charge in [-0.25, -0.2) is 9.59 Å². The molecule has 1 N–H and O–H groups in total. The number of hydrogen-bond donors (Lipinski definition) is 1. The van der Waals surface area contributed by atoms with Gasteiger partial charge in [-0.2, -0.15) is 5.10 Å². The lowest BCUT2D eigenvalue weighted by atomic mass is 10.0. The molecule has 1 aliphatic heterocycles. The Morgan fingerprint density at radius 3 is 2.32 bits per heavy atom. The fourth-order valence-electron chi connectivity index (χ4n) is 2.89. The first-order valence-electron chi connectivity index (χ1n) is 9.40. The number of fused-ring (bicyclic) bond motifs is 1. The van der Waals surface area contributed by atoms with Crippen LogP contribution < -0.4 is 5.32 Å². The molecule has 156 valence electrons. The van der Waals surface area contributed by atoms with Crippen molar-refractivity contribution in [2.45, 2.75) is 73.1 Å². The Balaban J connectivity index is 2.48. The van der Waals surface area contributed by atoms with Crippen LogP contribution in [0.2, 0.25) is 0 Å². The first kappa shape index (κ1) is 21.7. The third-order valence-electron chi connectivity index (χ3n) is 4.37. The van der Waals surface area contributed by atoms with E-state index in [-0.39, 0.29) is 30.8 Å². The zero-order chi connectivity index (χ0) is 21.4. The topological polar surface area (TPSA) is 103 Å². The predicted molar refractivity (Wildman–Crippen MR) is 103 cm³/mol. The smallest absolute Gasteiger partial charge is 0.436 e. The molecule has 28 heavy (non-hydrogen) atoms. The maximum Gasteiger partial charge on any atom is 0.436 e. The van der Waals surface area contributed by atoms with Crippen LogP contribution in [0.4, 0.5) is 15.4 Å². The Bertz CT molecular complexity index is 789. The molecule has 1 aromatic heterocycles. The van der Waals surface area contributed by atoms with E-state index in [9.17, 15) is 14.4 Å². The first-order valence-corrected chi connectivity index (χ1v) is 9.40. The van der Waals surface area contributed by atoms with E-state index in [1.54, 1.807) is 41.5 Å². The third kappa shape index (κ3) is 4.13. The van der Waals surface area contributed by atoms with Crippen LogP contribution >= 0.6 is 0 Å². The molecule has 0 aliphatic carbocycles. The number of aromatic nitrogens is 2. The number of anilines is 1. The molecular weight excluding hydrogens is 364 g/mol. The fourth-order valence-corrected chi connectivity index (χ4v) is 2.89. The van der Waals surface area contributed by atoms with Crippen LogP contribution in [-0.4, -0.2) is 45.0 Å². The van der Waals surface area contributed by atoms with E-state index in [2.05, 4.69) is 10.4 Å². The van der Waals surface area contributed by atoms with Gasteiger partial charge in [0, 0.05) is 11.5 Å². The van der Waals surface area contributed by atoms with E-state index in [1.807, 2.05) is 13.8 Å². The number of amides is 2. The standard InChI is InChI=1S/C19H30N4O5/c1-9-27-17(26)23-14(20-15(24)11(2)3)12-10-22(16(25)28-18(4,5)6)19(7,8)13(12)21-23/h11H,9-10H2,1-8H3,(H,20,24). The second-order valence-electron chi connectivity index (χ2n) is 8.56. The minimum absolute atomic E-state index is 0.157. The molecular formula is C19H30N4O5. The Labute approximate surface area is 165 Å². The summed E-state index contributed by atoms with van der Waals surface area (Å²) >= 11 is 0. The normalized spacial score (nSPS) is 15.4. The molecule has 0 saturated carbocycles. The molecule has 9 heteroatoms.